The molecule has 0 unspecified atom stereocenters. The molecule has 20 heavy (non-hydrogen) atoms. The normalized spacial score (nSPS) is 13.1. The maximum absolute atomic E-state index is 10.6. The van der Waals surface area contributed by atoms with Crippen molar-refractivity contribution in [1.29, 1.82) is 0 Å². The van der Waals surface area contributed by atoms with Crippen molar-refractivity contribution in [3.05, 3.63) is 29.8 Å². The third-order valence-corrected chi connectivity index (χ3v) is 2.63. The Balaban J connectivity index is 0.000000347. The van der Waals surface area contributed by atoms with Gasteiger partial charge in [0.2, 0.25) is 11.6 Å². The van der Waals surface area contributed by atoms with E-state index in [0.717, 1.165) is 19.3 Å². The minimum atomic E-state index is -4.94. The van der Waals surface area contributed by atoms with Crippen LogP contribution in [0.3, 0.4) is 0 Å². The summed E-state index contributed by atoms with van der Waals surface area (Å²) in [7, 11) is -4.94. The predicted molar refractivity (Wildman–Crippen MR) is 58.8 cm³/mol. The first-order valence-corrected chi connectivity index (χ1v) is 7.09. The van der Waals surface area contributed by atoms with Crippen LogP contribution in [0.2, 0.25) is 0 Å². The van der Waals surface area contributed by atoms with Crippen LogP contribution >= 0.6 is 0 Å². The Hall–Kier alpha value is -1.51. The average molecular weight is 303 g/mol. The van der Waals surface area contributed by atoms with Crippen LogP contribution in [0.5, 0.6) is 0 Å². The number of halogens is 1. The van der Waals surface area contributed by atoms with Gasteiger partial charge in [0.25, 0.3) is 0 Å². The van der Waals surface area contributed by atoms with Gasteiger partial charge in [-0.2, -0.15) is 0 Å². The van der Waals surface area contributed by atoms with Crippen molar-refractivity contribution >= 4 is 17.3 Å². The molecule has 3 N–H and O–H groups in total. The number of benzene rings is 1. The lowest BCUT2D eigenvalue weighted by atomic mass is 10.1. The zero-order valence-electron chi connectivity index (χ0n) is 10.6. The van der Waals surface area contributed by atoms with Crippen LogP contribution < -0.4 is 29.4 Å². The Morgan fingerprint density at radius 3 is 2.40 bits per heavy atom. The highest BCUT2D eigenvalue weighted by Gasteiger charge is 2.20. The fraction of sp³-hybridized carbons (Fsp3) is 0.333. The van der Waals surface area contributed by atoms with Gasteiger partial charge in [-0.3, -0.25) is 4.79 Å². The largest absolute Gasteiger partial charge is 0.370 e. The molecule has 1 aliphatic rings. The van der Waals surface area contributed by atoms with Crippen LogP contribution in [0.4, 0.5) is 5.69 Å². The fourth-order valence-electron chi connectivity index (χ4n) is 1.89. The first kappa shape index (κ1) is 16.5. The number of hydrogen-bond acceptors (Lipinski definition) is 5. The first-order chi connectivity index (χ1) is 9.25. The number of amides is 1. The molecule has 0 fully saturated rings. The Morgan fingerprint density at radius 1 is 1.25 bits per heavy atom. The Morgan fingerprint density at radius 2 is 1.85 bits per heavy atom. The second-order valence-corrected chi connectivity index (χ2v) is 5.02. The monoisotopic (exact) mass is 302 g/mol. The third-order valence-electron chi connectivity index (χ3n) is 2.63. The molecule has 1 heterocycles. The van der Waals surface area contributed by atoms with Crippen molar-refractivity contribution in [3.8, 4) is 0 Å². The van der Waals surface area contributed by atoms with Gasteiger partial charge in [0.05, 0.1) is 6.42 Å². The summed E-state index contributed by atoms with van der Waals surface area (Å²) in [6, 6.07) is 8.28. The van der Waals surface area contributed by atoms with Crippen molar-refractivity contribution in [2.24, 2.45) is 5.73 Å². The SMILES string of the molecule is NC(=O)CCCC1=[NH+]c2ccccc2C1.[O-][Cl+3]([O-])([O-])[O-]. The maximum atomic E-state index is 10.6. The van der Waals surface area contributed by atoms with E-state index in [9.17, 15) is 4.79 Å². The van der Waals surface area contributed by atoms with Crippen LogP contribution in [0.15, 0.2) is 24.3 Å². The number of primary amides is 1. The number of nitrogens with one attached hydrogen (secondary N) is 1. The number of rotatable bonds is 4. The van der Waals surface area contributed by atoms with Gasteiger partial charge in [0.1, 0.15) is 0 Å². The van der Waals surface area contributed by atoms with Gasteiger partial charge < -0.3 is 5.73 Å². The molecule has 0 aliphatic carbocycles. The van der Waals surface area contributed by atoms with Gasteiger partial charge in [-0.05, 0) is 6.42 Å². The summed E-state index contributed by atoms with van der Waals surface area (Å²) in [6.07, 6.45) is 3.22. The van der Waals surface area contributed by atoms with Gasteiger partial charge >= 0.3 is 0 Å². The number of carbonyl (C=O) groups is 1. The van der Waals surface area contributed by atoms with Gasteiger partial charge in [-0.1, -0.05) is 18.2 Å². The molecule has 0 saturated carbocycles. The molecule has 1 aromatic rings. The van der Waals surface area contributed by atoms with E-state index in [1.54, 1.807) is 0 Å². The summed E-state index contributed by atoms with van der Waals surface area (Å²) in [5, 5.41) is 0. The van der Waals surface area contributed by atoms with E-state index in [0.29, 0.717) is 6.42 Å². The second-order valence-electron chi connectivity index (χ2n) is 4.26. The van der Waals surface area contributed by atoms with Crippen molar-refractivity contribution < 1.29 is 38.7 Å². The van der Waals surface area contributed by atoms with Crippen LogP contribution in [-0.2, 0) is 11.2 Å². The van der Waals surface area contributed by atoms with Crippen LogP contribution in [0.25, 0.3) is 0 Å². The molecule has 110 valence electrons. The fourth-order valence-corrected chi connectivity index (χ4v) is 1.89. The molecule has 0 radical (unpaired) electrons. The molecule has 0 aromatic heterocycles. The molecular formula is C12H15ClN2O5. The number of carbonyl (C=O) groups excluding carboxylic acids is 1. The molecular weight excluding hydrogens is 288 g/mol. The van der Waals surface area contributed by atoms with E-state index in [1.165, 1.54) is 17.0 Å². The molecule has 0 bridgehead atoms. The molecule has 2 rings (SSSR count). The second kappa shape index (κ2) is 7.32. The zero-order valence-corrected chi connectivity index (χ0v) is 11.4. The summed E-state index contributed by atoms with van der Waals surface area (Å²) in [5.41, 5.74) is 8.92. The molecule has 0 saturated heterocycles. The number of fused-ring (bicyclic) bond motifs is 1. The lowest BCUT2D eigenvalue weighted by Crippen LogP contribution is -2.68. The summed E-state index contributed by atoms with van der Waals surface area (Å²) in [6.45, 7) is 0. The molecule has 1 aliphatic heterocycles. The molecule has 0 atom stereocenters. The van der Waals surface area contributed by atoms with E-state index in [4.69, 9.17) is 24.4 Å². The minimum Gasteiger partial charge on any atom is -0.370 e. The number of hydrogen-bond donors (Lipinski definition) is 2. The van der Waals surface area contributed by atoms with E-state index in [2.05, 4.69) is 17.1 Å². The van der Waals surface area contributed by atoms with Gasteiger partial charge in [0.15, 0.2) is 5.71 Å². The van der Waals surface area contributed by atoms with Crippen molar-refractivity contribution in [2.45, 2.75) is 25.7 Å². The average Bonchev–Trinajstić information content (AvgIpc) is 2.68. The van der Waals surface area contributed by atoms with Gasteiger partial charge in [0, 0.05) is 24.5 Å². The lowest BCUT2D eigenvalue weighted by Gasteiger charge is -2.17. The highest BCUT2D eigenvalue weighted by atomic mass is 35.7. The smallest absolute Gasteiger partial charge is 0.217 e. The minimum absolute atomic E-state index is 0.217. The van der Waals surface area contributed by atoms with Gasteiger partial charge in [-0.15, -0.1) is 10.2 Å². The lowest BCUT2D eigenvalue weighted by molar-refractivity contribution is -2.00. The predicted octanol–water partition coefficient (Wildman–Crippen LogP) is -4.70. The molecule has 7 nitrogen and oxygen atoms in total. The summed E-state index contributed by atoms with van der Waals surface area (Å²) >= 11 is 0. The van der Waals surface area contributed by atoms with E-state index in [1.807, 2.05) is 12.1 Å². The molecule has 1 aromatic carbocycles. The number of para-hydroxylation sites is 1. The van der Waals surface area contributed by atoms with Crippen molar-refractivity contribution in [1.82, 2.24) is 0 Å². The highest BCUT2D eigenvalue weighted by Crippen LogP contribution is 2.14. The van der Waals surface area contributed by atoms with Crippen molar-refractivity contribution in [3.63, 3.8) is 0 Å². The molecule has 0 spiro atoms. The third kappa shape index (κ3) is 7.17. The topological polar surface area (TPSA) is 149 Å². The molecule has 8 heteroatoms. The van der Waals surface area contributed by atoms with E-state index < -0.39 is 10.2 Å². The highest BCUT2D eigenvalue weighted by molar-refractivity contribution is 5.86. The van der Waals surface area contributed by atoms with Crippen LogP contribution in [-0.4, -0.2) is 11.6 Å². The summed E-state index contributed by atoms with van der Waals surface area (Å²) in [4.78, 5) is 14.0. The van der Waals surface area contributed by atoms with Crippen LogP contribution in [0, 0.1) is 10.2 Å². The summed E-state index contributed by atoms with van der Waals surface area (Å²) in [5.74, 6) is -0.217. The van der Waals surface area contributed by atoms with Gasteiger partial charge in [-0.25, -0.2) is 23.6 Å². The van der Waals surface area contributed by atoms with Crippen LogP contribution in [0.1, 0.15) is 24.8 Å². The standard InChI is InChI=1S/C12H14N2O.ClHO4/c13-12(15)7-3-5-10-8-9-4-1-2-6-11(9)14-10;2-1(3,4)5/h1-2,4,6H,3,5,7-8H2,(H2,13,15);(H,2,3,4,5). The summed E-state index contributed by atoms with van der Waals surface area (Å²) < 4.78 is 34.0. The Kier molecular flexibility index (Phi) is 6.05. The quantitative estimate of drug-likeness (QED) is 0.573. The van der Waals surface area contributed by atoms with E-state index >= 15 is 0 Å². The Bertz CT molecular complexity index is 493. The molecule has 1 amide bonds. The zero-order chi connectivity index (χ0) is 15.2. The maximum Gasteiger partial charge on any atom is 0.217 e. The first-order valence-electron chi connectivity index (χ1n) is 5.85. The number of nitrogens with two attached hydrogens (primary N) is 1. The Labute approximate surface area is 118 Å². The van der Waals surface area contributed by atoms with Crippen molar-refractivity contribution in [2.75, 3.05) is 0 Å². The van der Waals surface area contributed by atoms with E-state index in [-0.39, 0.29) is 5.91 Å².